The number of nitrogens with zero attached hydrogens (tertiary/aromatic N) is 1. The van der Waals surface area contributed by atoms with Gasteiger partial charge in [-0.1, -0.05) is 13.8 Å². The van der Waals surface area contributed by atoms with E-state index in [4.69, 9.17) is 0 Å². The van der Waals surface area contributed by atoms with Gasteiger partial charge < -0.3 is 5.32 Å². The van der Waals surface area contributed by atoms with Crippen molar-refractivity contribution in [2.24, 2.45) is 0 Å². The van der Waals surface area contributed by atoms with Crippen LogP contribution in [-0.2, 0) is 6.54 Å². The second kappa shape index (κ2) is 5.38. The smallest absolute Gasteiger partial charge is 0.123 e. The fourth-order valence-corrected chi connectivity index (χ4v) is 2.14. The van der Waals surface area contributed by atoms with Crippen molar-refractivity contribution in [3.63, 3.8) is 0 Å². The SMILES string of the molecule is CC(C)NCc1cc(-c2ccc(F)cc2)ns1. The van der Waals surface area contributed by atoms with E-state index in [1.54, 1.807) is 12.1 Å². The second-order valence-corrected chi connectivity index (χ2v) is 5.11. The highest BCUT2D eigenvalue weighted by molar-refractivity contribution is 7.06. The highest BCUT2D eigenvalue weighted by Crippen LogP contribution is 2.22. The predicted molar refractivity (Wildman–Crippen MR) is 69.5 cm³/mol. The van der Waals surface area contributed by atoms with Gasteiger partial charge >= 0.3 is 0 Å². The third-order valence-corrected chi connectivity index (χ3v) is 3.17. The maximum absolute atomic E-state index is 12.8. The van der Waals surface area contributed by atoms with Gasteiger partial charge in [0.05, 0.1) is 5.69 Å². The van der Waals surface area contributed by atoms with Crippen LogP contribution in [0.2, 0.25) is 0 Å². The summed E-state index contributed by atoms with van der Waals surface area (Å²) in [6.45, 7) is 5.06. The largest absolute Gasteiger partial charge is 0.310 e. The number of aromatic nitrogens is 1. The molecule has 2 nitrogen and oxygen atoms in total. The van der Waals surface area contributed by atoms with Crippen molar-refractivity contribution in [1.82, 2.24) is 9.69 Å². The minimum atomic E-state index is -0.217. The normalized spacial score (nSPS) is 11.1. The number of hydrogen-bond acceptors (Lipinski definition) is 3. The number of benzene rings is 1. The van der Waals surface area contributed by atoms with Crippen LogP contribution in [-0.4, -0.2) is 10.4 Å². The van der Waals surface area contributed by atoms with Gasteiger partial charge in [0.2, 0.25) is 0 Å². The Morgan fingerprint density at radius 1 is 1.29 bits per heavy atom. The number of nitrogens with one attached hydrogen (secondary N) is 1. The van der Waals surface area contributed by atoms with E-state index in [9.17, 15) is 4.39 Å². The molecule has 0 aliphatic heterocycles. The Balaban J connectivity index is 2.10. The Morgan fingerprint density at radius 3 is 2.65 bits per heavy atom. The Hall–Kier alpha value is -1.26. The first-order chi connectivity index (χ1) is 8.15. The first kappa shape index (κ1) is 12.2. The molecule has 4 heteroatoms. The fourth-order valence-electron chi connectivity index (χ4n) is 1.46. The molecule has 0 aliphatic carbocycles. The minimum Gasteiger partial charge on any atom is -0.310 e. The second-order valence-electron chi connectivity index (χ2n) is 4.22. The first-order valence-corrected chi connectivity index (χ1v) is 6.37. The standard InChI is InChI=1S/C13H15FN2S/c1-9(2)15-8-12-7-13(16-17-12)10-3-5-11(14)6-4-10/h3-7,9,15H,8H2,1-2H3. The van der Waals surface area contributed by atoms with Crippen molar-refractivity contribution in [2.75, 3.05) is 0 Å². The lowest BCUT2D eigenvalue weighted by molar-refractivity contribution is 0.593. The van der Waals surface area contributed by atoms with Gasteiger partial charge in [0, 0.05) is 23.0 Å². The average molecular weight is 250 g/mol. The van der Waals surface area contributed by atoms with Gasteiger partial charge in [-0.3, -0.25) is 0 Å². The van der Waals surface area contributed by atoms with E-state index < -0.39 is 0 Å². The molecule has 90 valence electrons. The quantitative estimate of drug-likeness (QED) is 0.899. The molecule has 0 bridgehead atoms. The van der Waals surface area contributed by atoms with Crippen molar-refractivity contribution in [2.45, 2.75) is 26.4 Å². The number of halogens is 1. The molecule has 1 heterocycles. The van der Waals surface area contributed by atoms with Crippen molar-refractivity contribution < 1.29 is 4.39 Å². The maximum Gasteiger partial charge on any atom is 0.123 e. The van der Waals surface area contributed by atoms with Crippen LogP contribution in [0.1, 0.15) is 18.7 Å². The van der Waals surface area contributed by atoms with Crippen LogP contribution in [0.4, 0.5) is 4.39 Å². The Morgan fingerprint density at radius 2 is 2.00 bits per heavy atom. The fraction of sp³-hybridized carbons (Fsp3) is 0.308. The highest BCUT2D eigenvalue weighted by Gasteiger charge is 2.05. The lowest BCUT2D eigenvalue weighted by atomic mass is 10.1. The molecule has 0 atom stereocenters. The van der Waals surface area contributed by atoms with E-state index in [2.05, 4.69) is 23.5 Å². The summed E-state index contributed by atoms with van der Waals surface area (Å²) < 4.78 is 17.2. The molecule has 0 saturated heterocycles. The molecule has 0 radical (unpaired) electrons. The molecule has 0 aliphatic rings. The van der Waals surface area contributed by atoms with Crippen molar-refractivity contribution in [3.8, 4) is 11.3 Å². The molecule has 0 saturated carbocycles. The Bertz CT molecular complexity index is 476. The molecule has 0 unspecified atom stereocenters. The number of hydrogen-bond donors (Lipinski definition) is 1. The van der Waals surface area contributed by atoms with Crippen molar-refractivity contribution in [1.29, 1.82) is 0 Å². The van der Waals surface area contributed by atoms with Gasteiger partial charge in [-0.25, -0.2) is 4.39 Å². The van der Waals surface area contributed by atoms with E-state index in [0.29, 0.717) is 6.04 Å². The third-order valence-electron chi connectivity index (χ3n) is 2.38. The molecule has 0 fully saturated rings. The molecule has 1 N–H and O–H groups in total. The van der Waals surface area contributed by atoms with Crippen LogP contribution in [0.15, 0.2) is 30.3 Å². The van der Waals surface area contributed by atoms with E-state index in [0.717, 1.165) is 17.8 Å². The van der Waals surface area contributed by atoms with Gasteiger partial charge in [0.25, 0.3) is 0 Å². The zero-order valence-electron chi connectivity index (χ0n) is 9.90. The minimum absolute atomic E-state index is 0.217. The summed E-state index contributed by atoms with van der Waals surface area (Å²) in [5.41, 5.74) is 1.87. The average Bonchev–Trinajstić information content (AvgIpc) is 2.76. The van der Waals surface area contributed by atoms with Gasteiger partial charge in [-0.15, -0.1) is 0 Å². The monoisotopic (exact) mass is 250 g/mol. The van der Waals surface area contributed by atoms with E-state index in [1.165, 1.54) is 28.5 Å². The van der Waals surface area contributed by atoms with Crippen molar-refractivity contribution >= 4 is 11.5 Å². The summed E-state index contributed by atoms with van der Waals surface area (Å²) in [4.78, 5) is 1.19. The Kier molecular flexibility index (Phi) is 3.86. The zero-order chi connectivity index (χ0) is 12.3. The van der Waals surface area contributed by atoms with Gasteiger partial charge in [0.15, 0.2) is 0 Å². The molecular weight excluding hydrogens is 235 g/mol. The maximum atomic E-state index is 12.8. The molecule has 2 aromatic rings. The molecule has 0 amide bonds. The van der Waals surface area contributed by atoms with Crippen molar-refractivity contribution in [3.05, 3.63) is 41.0 Å². The highest BCUT2D eigenvalue weighted by atomic mass is 32.1. The topological polar surface area (TPSA) is 24.9 Å². The molecular formula is C13H15FN2S. The third kappa shape index (κ3) is 3.35. The summed E-state index contributed by atoms with van der Waals surface area (Å²) in [6, 6.07) is 8.94. The molecule has 1 aromatic carbocycles. The lowest BCUT2D eigenvalue weighted by Crippen LogP contribution is -2.21. The molecule has 0 spiro atoms. The van der Waals surface area contributed by atoms with E-state index in [-0.39, 0.29) is 5.82 Å². The van der Waals surface area contributed by atoms with Crippen LogP contribution in [0.3, 0.4) is 0 Å². The van der Waals surface area contributed by atoms with E-state index in [1.807, 2.05) is 6.07 Å². The summed E-state index contributed by atoms with van der Waals surface area (Å²) in [6.07, 6.45) is 0. The summed E-state index contributed by atoms with van der Waals surface area (Å²) in [5, 5.41) is 3.35. The summed E-state index contributed by atoms with van der Waals surface area (Å²) in [7, 11) is 0. The first-order valence-electron chi connectivity index (χ1n) is 5.60. The molecule has 1 aromatic heterocycles. The lowest BCUT2D eigenvalue weighted by Gasteiger charge is -2.04. The summed E-state index contributed by atoms with van der Waals surface area (Å²) in [5.74, 6) is -0.217. The molecule has 17 heavy (non-hydrogen) atoms. The van der Waals surface area contributed by atoms with Crippen LogP contribution in [0.25, 0.3) is 11.3 Å². The summed E-state index contributed by atoms with van der Waals surface area (Å²) >= 11 is 1.48. The van der Waals surface area contributed by atoms with Crippen LogP contribution in [0, 0.1) is 5.82 Å². The zero-order valence-corrected chi connectivity index (χ0v) is 10.7. The van der Waals surface area contributed by atoms with Gasteiger partial charge in [0.1, 0.15) is 5.82 Å². The predicted octanol–water partition coefficient (Wildman–Crippen LogP) is 3.45. The number of rotatable bonds is 4. The van der Waals surface area contributed by atoms with Crippen LogP contribution in [0.5, 0.6) is 0 Å². The molecule has 2 rings (SSSR count). The van der Waals surface area contributed by atoms with Crippen LogP contribution >= 0.6 is 11.5 Å². The Labute approximate surface area is 105 Å². The van der Waals surface area contributed by atoms with E-state index >= 15 is 0 Å². The van der Waals surface area contributed by atoms with Gasteiger partial charge in [-0.2, -0.15) is 4.37 Å². The van der Waals surface area contributed by atoms with Crippen LogP contribution < -0.4 is 5.32 Å². The van der Waals surface area contributed by atoms with Gasteiger partial charge in [-0.05, 0) is 41.9 Å².